The average Bonchev–Trinajstić information content (AvgIpc) is 3.07. The van der Waals surface area contributed by atoms with Crippen LogP contribution in [0.2, 0.25) is 0 Å². The highest BCUT2D eigenvalue weighted by molar-refractivity contribution is 5.91. The number of benzene rings is 1. The normalized spacial score (nSPS) is 34.6. The Hall–Kier alpha value is -1.85. The highest BCUT2D eigenvalue weighted by atomic mass is 35.5. The fraction of sp³-hybridized carbons (Fsp3) is 0.630. The number of hydrogen-bond acceptors (Lipinski definition) is 5. The molecule has 3 saturated carbocycles. The molecule has 0 radical (unpaired) electrons. The molecule has 0 unspecified atom stereocenters. The summed E-state index contributed by atoms with van der Waals surface area (Å²) in [6, 6.07) is 4.71. The Kier molecular flexibility index (Phi) is 7.65. The number of halogens is 1. The van der Waals surface area contributed by atoms with Crippen molar-refractivity contribution in [2.45, 2.75) is 71.6 Å². The third kappa shape index (κ3) is 4.59. The van der Waals surface area contributed by atoms with Crippen LogP contribution in [0.1, 0.15) is 72.2 Å². The Morgan fingerprint density at radius 2 is 1.70 bits per heavy atom. The van der Waals surface area contributed by atoms with E-state index in [9.17, 15) is 9.59 Å². The van der Waals surface area contributed by atoms with E-state index in [1.165, 1.54) is 30.5 Å². The fourth-order valence-corrected chi connectivity index (χ4v) is 7.22. The minimum Gasteiger partial charge on any atom is -1.00 e. The van der Waals surface area contributed by atoms with Gasteiger partial charge < -0.3 is 28.4 Å². The number of phenols is 2. The van der Waals surface area contributed by atoms with Crippen LogP contribution in [0.5, 0.6) is 11.5 Å². The van der Waals surface area contributed by atoms with Crippen LogP contribution >= 0.6 is 0 Å². The lowest BCUT2D eigenvalue weighted by Crippen LogP contribution is -3.00. The van der Waals surface area contributed by atoms with Crippen LogP contribution < -0.4 is 18.1 Å². The molecule has 5 rings (SSSR count). The first kappa shape index (κ1) is 25.8. The van der Waals surface area contributed by atoms with Crippen LogP contribution in [-0.4, -0.2) is 28.3 Å². The molecule has 1 aromatic rings. The monoisotopic (exact) mass is 475 g/mol. The lowest BCUT2D eigenvalue weighted by atomic mass is 9.47. The highest BCUT2D eigenvalue weighted by Crippen LogP contribution is 2.64. The number of aromatic hydroxyl groups is 2. The maximum absolute atomic E-state index is 12.4. The van der Waals surface area contributed by atoms with Crippen LogP contribution in [0.25, 0.3) is 0 Å². The van der Waals surface area contributed by atoms with Crippen molar-refractivity contribution in [1.29, 1.82) is 0 Å². The van der Waals surface area contributed by atoms with Gasteiger partial charge in [0, 0.05) is 18.3 Å². The summed E-state index contributed by atoms with van der Waals surface area (Å²) in [5.41, 5.74) is 7.88. The van der Waals surface area contributed by atoms with E-state index in [2.05, 4.69) is 13.8 Å². The molecule has 1 aromatic carbocycles. The van der Waals surface area contributed by atoms with E-state index >= 15 is 0 Å². The largest absolute Gasteiger partial charge is 1.00 e. The van der Waals surface area contributed by atoms with E-state index in [0.29, 0.717) is 42.3 Å². The molecule has 182 valence electrons. The molecule has 0 bridgehead atoms. The Morgan fingerprint density at radius 3 is 2.39 bits per heavy atom. The molecule has 4 aliphatic rings. The van der Waals surface area contributed by atoms with Crippen LogP contribution in [0.3, 0.4) is 0 Å². The standard InChI is InChI=1S/C19H26O2.C8H11NO2.ClH/c1-18-9-7-13(20)11-12(18)3-4-14-15-5-6-17(21)19(15,2)10-8-16(14)18;9-4-3-6-1-2-7(10)8(11)5-6;/h11,14-16H,3-10H2,1-2H3;1-2,5,10-11H,3-4,9H2;1H/t14-,15-,16-,18-,19-;;/m0../s1. The van der Waals surface area contributed by atoms with Gasteiger partial charge in [-0.25, -0.2) is 0 Å². The molecule has 4 N–H and O–H groups in total. The smallest absolute Gasteiger partial charge is 1.00 e. The van der Waals surface area contributed by atoms with Crippen molar-refractivity contribution in [3.63, 3.8) is 0 Å². The molecule has 0 saturated heterocycles. The van der Waals surface area contributed by atoms with Crippen molar-refractivity contribution in [1.82, 2.24) is 0 Å². The molecule has 4 aliphatic carbocycles. The van der Waals surface area contributed by atoms with Gasteiger partial charge in [-0.15, -0.1) is 0 Å². The topological polar surface area (TPSA) is 101 Å². The first-order valence-electron chi connectivity index (χ1n) is 12.2. The number of allylic oxidation sites excluding steroid dienone is 1. The summed E-state index contributed by atoms with van der Waals surface area (Å²) in [5.74, 6) is 2.70. The van der Waals surface area contributed by atoms with Gasteiger partial charge in [0.25, 0.3) is 0 Å². The zero-order chi connectivity index (χ0) is 23.1. The first-order valence-corrected chi connectivity index (χ1v) is 12.2. The number of rotatable bonds is 2. The van der Waals surface area contributed by atoms with Crippen LogP contribution in [-0.2, 0) is 16.0 Å². The van der Waals surface area contributed by atoms with Crippen molar-refractivity contribution >= 4 is 11.6 Å². The van der Waals surface area contributed by atoms with E-state index in [-0.39, 0.29) is 36.2 Å². The number of carbonyl (C=O) groups is 2. The molecule has 0 aliphatic heterocycles. The summed E-state index contributed by atoms with van der Waals surface area (Å²) in [6.07, 6.45) is 10.9. The Bertz CT molecular complexity index is 951. The van der Waals surface area contributed by atoms with Crippen LogP contribution in [0.15, 0.2) is 29.8 Å². The quantitative estimate of drug-likeness (QED) is 0.566. The van der Waals surface area contributed by atoms with Gasteiger partial charge >= 0.3 is 1.43 Å². The van der Waals surface area contributed by atoms with Gasteiger partial charge in [-0.3, -0.25) is 9.59 Å². The fourth-order valence-electron chi connectivity index (χ4n) is 7.22. The lowest BCUT2D eigenvalue weighted by molar-refractivity contribution is -0.132. The van der Waals surface area contributed by atoms with Crippen molar-refractivity contribution in [2.75, 3.05) is 6.54 Å². The molecule has 6 heteroatoms. The predicted octanol–water partition coefficient (Wildman–Crippen LogP) is 1.80. The van der Waals surface area contributed by atoms with E-state index in [1.54, 1.807) is 6.07 Å². The highest BCUT2D eigenvalue weighted by Gasteiger charge is 2.58. The number of carbonyl (C=O) groups excluding carboxylic acids is 2. The second-order valence-corrected chi connectivity index (χ2v) is 10.7. The molecule has 0 spiro atoms. The van der Waals surface area contributed by atoms with Gasteiger partial charge in [0.05, 0.1) is 0 Å². The first-order chi connectivity index (χ1) is 15.2. The van der Waals surface area contributed by atoms with Crippen LogP contribution in [0.4, 0.5) is 0 Å². The maximum atomic E-state index is 12.4. The molecule has 5 atom stereocenters. The molecular weight excluding hydrogens is 438 g/mol. The summed E-state index contributed by atoms with van der Waals surface area (Å²) in [6.45, 7) is 5.19. The summed E-state index contributed by atoms with van der Waals surface area (Å²) in [7, 11) is 0. The SMILES string of the molecule is C[C@]12CCC(=O)C=C1CC[C@@H]1[C@@H]2CC[C@]2(C)C(=O)CC[C@@H]12.NCCc1ccc(O)c(O)c1.[Cl-].[H+]. The van der Waals surface area contributed by atoms with Crippen LogP contribution in [0, 0.1) is 28.6 Å². The number of Topliss-reactive ketones (excluding diaryl/α,β-unsaturated/α-hetero) is 1. The number of fused-ring (bicyclic) bond motifs is 5. The molecule has 3 fully saturated rings. The summed E-state index contributed by atoms with van der Waals surface area (Å²) >= 11 is 0. The Labute approximate surface area is 204 Å². The van der Waals surface area contributed by atoms with E-state index in [1.807, 2.05) is 6.08 Å². The average molecular weight is 476 g/mol. The van der Waals surface area contributed by atoms with Gasteiger partial charge in [-0.1, -0.05) is 25.5 Å². The molecule has 5 nitrogen and oxygen atoms in total. The molecule has 0 amide bonds. The number of nitrogens with two attached hydrogens (primary N) is 1. The van der Waals surface area contributed by atoms with Crippen molar-refractivity contribution < 1.29 is 33.6 Å². The summed E-state index contributed by atoms with van der Waals surface area (Å²) in [5, 5.41) is 18.0. The molecule has 0 aromatic heterocycles. The number of ketones is 2. The zero-order valence-corrected chi connectivity index (χ0v) is 20.5. The second kappa shape index (κ2) is 9.79. The molecular formula is C27H38ClNO4. The second-order valence-electron chi connectivity index (χ2n) is 10.7. The summed E-state index contributed by atoms with van der Waals surface area (Å²) < 4.78 is 0. The van der Waals surface area contributed by atoms with Crippen molar-refractivity contribution in [3.05, 3.63) is 35.4 Å². The van der Waals surface area contributed by atoms with Crippen molar-refractivity contribution in [2.24, 2.45) is 34.3 Å². The van der Waals surface area contributed by atoms with Crippen molar-refractivity contribution in [3.8, 4) is 11.5 Å². The third-order valence-electron chi connectivity index (χ3n) is 9.14. The van der Waals surface area contributed by atoms with Gasteiger partial charge in [-0.2, -0.15) is 0 Å². The maximum Gasteiger partial charge on any atom is 1.00 e. The van der Waals surface area contributed by atoms with E-state index < -0.39 is 0 Å². The Balaban J connectivity index is 0.000000271. The predicted molar refractivity (Wildman–Crippen MR) is 125 cm³/mol. The van der Waals surface area contributed by atoms with Gasteiger partial charge in [0.15, 0.2) is 17.3 Å². The van der Waals surface area contributed by atoms with E-state index in [4.69, 9.17) is 15.9 Å². The lowest BCUT2D eigenvalue weighted by Gasteiger charge is -2.56. The number of phenolic OH excluding ortho intramolecular Hbond substituents is 2. The minimum atomic E-state index is -0.0919. The summed E-state index contributed by atoms with van der Waals surface area (Å²) in [4.78, 5) is 24.1. The number of hydrogen-bond donors (Lipinski definition) is 3. The van der Waals surface area contributed by atoms with E-state index in [0.717, 1.165) is 44.1 Å². The van der Waals surface area contributed by atoms with Gasteiger partial charge in [-0.05, 0) is 98.4 Å². The van der Waals surface area contributed by atoms with Gasteiger partial charge in [0.2, 0.25) is 0 Å². The minimum absolute atomic E-state index is 0. The zero-order valence-electron chi connectivity index (χ0n) is 20.8. The third-order valence-corrected chi connectivity index (χ3v) is 9.14. The molecule has 33 heavy (non-hydrogen) atoms. The Morgan fingerprint density at radius 1 is 0.970 bits per heavy atom. The molecule has 0 heterocycles. The van der Waals surface area contributed by atoms with Gasteiger partial charge in [0.1, 0.15) is 5.78 Å².